The molecule has 0 saturated carbocycles. The van der Waals surface area contributed by atoms with Gasteiger partial charge in [-0.3, -0.25) is 10.2 Å². The maximum atomic E-state index is 12.2. The molecule has 4 heterocycles. The van der Waals surface area contributed by atoms with E-state index in [4.69, 9.17) is 19.4 Å². The monoisotopic (exact) mass is 458 g/mol. The summed E-state index contributed by atoms with van der Waals surface area (Å²) in [5, 5.41) is 2.79. The second-order valence-electron chi connectivity index (χ2n) is 9.05. The van der Waals surface area contributed by atoms with Gasteiger partial charge in [-0.1, -0.05) is 30.3 Å². The van der Waals surface area contributed by atoms with Gasteiger partial charge in [-0.05, 0) is 62.6 Å². The number of hydrogen-bond acceptors (Lipinski definition) is 6. The van der Waals surface area contributed by atoms with Gasteiger partial charge in [-0.25, -0.2) is 14.8 Å². The Bertz CT molecular complexity index is 1150. The molecule has 7 nitrogen and oxygen atoms in total. The summed E-state index contributed by atoms with van der Waals surface area (Å²) in [6.07, 6.45) is 1.72. The lowest BCUT2D eigenvalue weighted by atomic mass is 9.74. The first kappa shape index (κ1) is 22.3. The summed E-state index contributed by atoms with van der Waals surface area (Å²) in [6.45, 7) is 4.29. The summed E-state index contributed by atoms with van der Waals surface area (Å²) < 4.78 is 11.1. The normalized spacial score (nSPS) is 23.4. The van der Waals surface area contributed by atoms with Crippen molar-refractivity contribution in [3.8, 4) is 17.0 Å². The molecular weight excluding hydrogens is 428 g/mol. The van der Waals surface area contributed by atoms with Crippen LogP contribution in [0.25, 0.3) is 11.3 Å². The number of anilines is 1. The molecule has 3 aliphatic heterocycles. The Kier molecular flexibility index (Phi) is 6.45. The number of carbonyl (C=O) groups is 1. The zero-order valence-corrected chi connectivity index (χ0v) is 19.6. The molecule has 3 aliphatic rings. The number of nitrogens with zero attached hydrogens (tertiary/aromatic N) is 3. The molecule has 1 aromatic heterocycles. The third-order valence-corrected chi connectivity index (χ3v) is 6.93. The fraction of sp³-hybridized carbons (Fsp3) is 0.370. The van der Waals surface area contributed by atoms with Crippen molar-refractivity contribution in [3.05, 3.63) is 72.2 Å². The van der Waals surface area contributed by atoms with Crippen LogP contribution in [0.3, 0.4) is 0 Å². The second kappa shape index (κ2) is 9.81. The van der Waals surface area contributed by atoms with Crippen molar-refractivity contribution in [3.63, 3.8) is 0 Å². The lowest BCUT2D eigenvalue weighted by Crippen LogP contribution is -2.54. The topological polar surface area (TPSA) is 76.6 Å². The van der Waals surface area contributed by atoms with Crippen molar-refractivity contribution < 1.29 is 14.3 Å². The highest BCUT2D eigenvalue weighted by molar-refractivity contribution is 5.84. The lowest BCUT2D eigenvalue weighted by molar-refractivity contribution is -0.00151. The Balaban J connectivity index is 1.26. The Morgan fingerprint density at radius 1 is 1.12 bits per heavy atom. The molecule has 0 spiro atoms. The summed E-state index contributed by atoms with van der Waals surface area (Å²) in [7, 11) is 1.68. The molecule has 7 heteroatoms. The lowest BCUT2D eigenvalue weighted by Gasteiger charge is -2.49. The molecule has 2 aromatic carbocycles. The number of ether oxygens (including phenoxy) is 2. The van der Waals surface area contributed by atoms with E-state index in [-0.39, 0.29) is 6.04 Å². The van der Waals surface area contributed by atoms with Gasteiger partial charge >= 0.3 is 6.09 Å². The van der Waals surface area contributed by atoms with Crippen molar-refractivity contribution in [1.29, 1.82) is 0 Å². The maximum Gasteiger partial charge on any atom is 0.411 e. The van der Waals surface area contributed by atoms with Crippen molar-refractivity contribution in [2.24, 2.45) is 5.92 Å². The number of benzene rings is 2. The van der Waals surface area contributed by atoms with Crippen LogP contribution >= 0.6 is 0 Å². The molecule has 176 valence electrons. The zero-order chi connectivity index (χ0) is 23.5. The molecule has 1 N–H and O–H groups in total. The molecule has 3 saturated heterocycles. The number of piperidine rings is 3. The number of amides is 1. The van der Waals surface area contributed by atoms with Gasteiger partial charge in [-0.2, -0.15) is 0 Å². The van der Waals surface area contributed by atoms with Gasteiger partial charge in [0, 0.05) is 35.4 Å². The number of nitrogens with one attached hydrogen (secondary N) is 1. The maximum absolute atomic E-state index is 12.2. The van der Waals surface area contributed by atoms with E-state index in [1.165, 1.54) is 0 Å². The van der Waals surface area contributed by atoms with Gasteiger partial charge in [0.2, 0.25) is 0 Å². The number of para-hydroxylation sites is 2. The minimum atomic E-state index is -0.404. The third-order valence-electron chi connectivity index (χ3n) is 6.93. The predicted molar refractivity (Wildman–Crippen MR) is 131 cm³/mol. The average Bonchev–Trinajstić information content (AvgIpc) is 2.88. The predicted octanol–water partition coefficient (Wildman–Crippen LogP) is 4.89. The smallest absolute Gasteiger partial charge is 0.411 e. The van der Waals surface area contributed by atoms with Crippen LogP contribution < -0.4 is 10.1 Å². The molecule has 4 atom stereocenters. The van der Waals surface area contributed by atoms with Crippen molar-refractivity contribution >= 4 is 11.8 Å². The number of fused-ring (bicyclic) bond motifs is 3. The standard InChI is InChI=1S/C27H30N4O3/c1-18-28-24(22-10-6-7-11-26(22)33-2)15-25(29-18)23-16-31-13-12-19(23)14-21(31)17-34-27(32)30-20-8-4-3-5-9-20/h3-11,15,19,21,23H,12-14,16-17H2,1-2H3,(H,30,32)/t19-,21+,23-/m0/s1. The number of aromatic nitrogens is 2. The second-order valence-corrected chi connectivity index (χ2v) is 9.05. The van der Waals surface area contributed by atoms with Gasteiger partial charge in [0.1, 0.15) is 18.2 Å². The summed E-state index contributed by atoms with van der Waals surface area (Å²) in [5.74, 6) is 2.44. The molecule has 0 radical (unpaired) electrons. The van der Waals surface area contributed by atoms with Gasteiger partial charge in [0.25, 0.3) is 0 Å². The fourth-order valence-electron chi connectivity index (χ4n) is 5.27. The van der Waals surface area contributed by atoms with E-state index in [1.54, 1.807) is 7.11 Å². The number of carbonyl (C=O) groups excluding carboxylic acids is 1. The van der Waals surface area contributed by atoms with Crippen LogP contribution in [0.2, 0.25) is 0 Å². The Labute approximate surface area is 200 Å². The first-order chi connectivity index (χ1) is 16.6. The van der Waals surface area contributed by atoms with Crippen LogP contribution in [0.4, 0.5) is 10.5 Å². The van der Waals surface area contributed by atoms with Crippen LogP contribution in [0, 0.1) is 12.8 Å². The van der Waals surface area contributed by atoms with Crippen LogP contribution in [-0.2, 0) is 4.74 Å². The average molecular weight is 459 g/mol. The van der Waals surface area contributed by atoms with E-state index in [2.05, 4.69) is 16.3 Å². The van der Waals surface area contributed by atoms with Crippen LogP contribution in [0.1, 0.15) is 30.3 Å². The molecule has 1 unspecified atom stereocenters. The van der Waals surface area contributed by atoms with Gasteiger partial charge in [0.05, 0.1) is 12.8 Å². The molecule has 3 fully saturated rings. The number of hydrogen-bond donors (Lipinski definition) is 1. The Morgan fingerprint density at radius 2 is 1.91 bits per heavy atom. The minimum Gasteiger partial charge on any atom is -0.496 e. The summed E-state index contributed by atoms with van der Waals surface area (Å²) in [5.41, 5.74) is 3.70. The molecule has 2 bridgehead atoms. The van der Waals surface area contributed by atoms with Crippen LogP contribution in [0.15, 0.2) is 60.7 Å². The van der Waals surface area contributed by atoms with E-state index in [0.29, 0.717) is 18.4 Å². The largest absolute Gasteiger partial charge is 0.496 e. The first-order valence-corrected chi connectivity index (χ1v) is 11.8. The van der Waals surface area contributed by atoms with E-state index < -0.39 is 6.09 Å². The molecular formula is C27H30N4O3. The quantitative estimate of drug-likeness (QED) is 0.567. The number of rotatable bonds is 6. The summed E-state index contributed by atoms with van der Waals surface area (Å²) in [6, 6.07) is 19.7. The highest BCUT2D eigenvalue weighted by Gasteiger charge is 2.42. The van der Waals surface area contributed by atoms with Gasteiger partial charge in [-0.15, -0.1) is 0 Å². The van der Waals surface area contributed by atoms with Crippen molar-refractivity contribution in [1.82, 2.24) is 14.9 Å². The van der Waals surface area contributed by atoms with Crippen LogP contribution in [0.5, 0.6) is 5.75 Å². The summed E-state index contributed by atoms with van der Waals surface area (Å²) in [4.78, 5) is 24.2. The first-order valence-electron chi connectivity index (χ1n) is 11.8. The highest BCUT2D eigenvalue weighted by Crippen LogP contribution is 2.42. The summed E-state index contributed by atoms with van der Waals surface area (Å²) >= 11 is 0. The van der Waals surface area contributed by atoms with Crippen molar-refractivity contribution in [2.75, 3.05) is 32.1 Å². The Morgan fingerprint density at radius 3 is 2.68 bits per heavy atom. The van der Waals surface area contributed by atoms with E-state index in [0.717, 1.165) is 60.1 Å². The van der Waals surface area contributed by atoms with Gasteiger partial charge < -0.3 is 9.47 Å². The molecule has 0 aliphatic carbocycles. The zero-order valence-electron chi connectivity index (χ0n) is 19.6. The highest BCUT2D eigenvalue weighted by atomic mass is 16.5. The van der Waals surface area contributed by atoms with Gasteiger partial charge in [0.15, 0.2) is 0 Å². The molecule has 6 rings (SSSR count). The Hall–Kier alpha value is -3.45. The van der Waals surface area contributed by atoms with E-state index >= 15 is 0 Å². The van der Waals surface area contributed by atoms with E-state index in [9.17, 15) is 4.79 Å². The van der Waals surface area contributed by atoms with Crippen molar-refractivity contribution in [2.45, 2.75) is 31.7 Å². The number of methoxy groups -OCH3 is 1. The molecule has 3 aromatic rings. The third kappa shape index (κ3) is 4.75. The molecule has 1 amide bonds. The number of aryl methyl sites for hydroxylation is 1. The fourth-order valence-corrected chi connectivity index (χ4v) is 5.27. The molecule has 34 heavy (non-hydrogen) atoms. The SMILES string of the molecule is COc1ccccc1-c1cc([C@H]2CN3CC[C@H]2C[C@@H]3COC(=O)Nc2ccccc2)nc(C)n1. The minimum absolute atomic E-state index is 0.244. The van der Waals surface area contributed by atoms with E-state index in [1.807, 2.05) is 61.5 Å². The van der Waals surface area contributed by atoms with Crippen LogP contribution in [-0.4, -0.2) is 53.8 Å².